The van der Waals surface area contributed by atoms with Gasteiger partial charge in [-0.25, -0.2) is 4.98 Å². The molecule has 1 fully saturated rings. The molecule has 1 aliphatic rings. The zero-order valence-electron chi connectivity index (χ0n) is 11.4. The number of halogens is 1. The van der Waals surface area contributed by atoms with Gasteiger partial charge in [0.05, 0.1) is 6.10 Å². The zero-order valence-corrected chi connectivity index (χ0v) is 12.1. The van der Waals surface area contributed by atoms with Gasteiger partial charge in [0.25, 0.3) is 5.91 Å². The first-order chi connectivity index (χ1) is 9.10. The van der Waals surface area contributed by atoms with Gasteiger partial charge in [0.2, 0.25) is 0 Å². The van der Waals surface area contributed by atoms with Crippen LogP contribution in [0.3, 0.4) is 0 Å². The first-order valence-electron chi connectivity index (χ1n) is 6.65. The molecule has 0 aliphatic carbocycles. The van der Waals surface area contributed by atoms with Gasteiger partial charge in [-0.15, -0.1) is 0 Å². The van der Waals surface area contributed by atoms with Crippen LogP contribution in [0.25, 0.3) is 0 Å². The van der Waals surface area contributed by atoms with Crippen LogP contribution in [0.1, 0.15) is 35.8 Å². The van der Waals surface area contributed by atoms with Gasteiger partial charge in [-0.2, -0.15) is 0 Å². The highest BCUT2D eigenvalue weighted by molar-refractivity contribution is 6.29. The molecular weight excluding hydrogens is 264 g/mol. The predicted molar refractivity (Wildman–Crippen MR) is 74.5 cm³/mol. The van der Waals surface area contributed by atoms with Crippen LogP contribution in [0.5, 0.6) is 0 Å². The standard InChI is InChI=1S/C14H19ClN2O2/c1-3-17(9-12-5-4-6-19-12)14(18)11-7-10(2)16-13(15)8-11/h7-8,12H,3-6,9H2,1-2H3. The molecule has 0 bridgehead atoms. The van der Waals surface area contributed by atoms with Crippen LogP contribution in [-0.4, -0.2) is 41.6 Å². The maximum absolute atomic E-state index is 12.5. The average Bonchev–Trinajstić information content (AvgIpc) is 2.86. The lowest BCUT2D eigenvalue weighted by atomic mass is 10.1. The number of ether oxygens (including phenoxy) is 1. The second kappa shape index (κ2) is 6.35. The fourth-order valence-electron chi connectivity index (χ4n) is 2.32. The van der Waals surface area contributed by atoms with Gasteiger partial charge in [0.1, 0.15) is 5.15 Å². The molecule has 1 aromatic heterocycles. The summed E-state index contributed by atoms with van der Waals surface area (Å²) >= 11 is 5.91. The molecule has 1 saturated heterocycles. The van der Waals surface area contributed by atoms with E-state index in [4.69, 9.17) is 16.3 Å². The lowest BCUT2D eigenvalue weighted by molar-refractivity contribution is 0.0539. The maximum atomic E-state index is 12.5. The van der Waals surface area contributed by atoms with Crippen LogP contribution in [0, 0.1) is 6.92 Å². The second-order valence-electron chi connectivity index (χ2n) is 4.80. The van der Waals surface area contributed by atoms with Crippen LogP contribution in [0.4, 0.5) is 0 Å². The Bertz CT molecular complexity index is 439. The lowest BCUT2D eigenvalue weighted by Crippen LogP contribution is -2.37. The number of amides is 1. The molecule has 1 amide bonds. The van der Waals surface area contributed by atoms with E-state index < -0.39 is 0 Å². The average molecular weight is 283 g/mol. The van der Waals surface area contributed by atoms with Crippen LogP contribution in [0.15, 0.2) is 12.1 Å². The zero-order chi connectivity index (χ0) is 13.8. The number of rotatable bonds is 4. The number of aromatic nitrogens is 1. The van der Waals surface area contributed by atoms with Crippen molar-refractivity contribution in [2.45, 2.75) is 32.8 Å². The van der Waals surface area contributed by atoms with Crippen LogP contribution in [0.2, 0.25) is 5.15 Å². The van der Waals surface area contributed by atoms with Gasteiger partial charge in [-0.1, -0.05) is 11.6 Å². The molecule has 0 aromatic carbocycles. The van der Waals surface area contributed by atoms with Gasteiger partial charge in [0.15, 0.2) is 0 Å². The van der Waals surface area contributed by atoms with Gasteiger partial charge < -0.3 is 9.64 Å². The number of hydrogen-bond acceptors (Lipinski definition) is 3. The monoisotopic (exact) mass is 282 g/mol. The summed E-state index contributed by atoms with van der Waals surface area (Å²) in [6.07, 6.45) is 2.28. The topological polar surface area (TPSA) is 42.4 Å². The highest BCUT2D eigenvalue weighted by Crippen LogP contribution is 2.16. The summed E-state index contributed by atoms with van der Waals surface area (Å²) in [5.41, 5.74) is 1.35. The molecule has 1 atom stereocenters. The minimum atomic E-state index is -0.00889. The van der Waals surface area contributed by atoms with E-state index in [0.29, 0.717) is 23.8 Å². The Kier molecular flexibility index (Phi) is 4.77. The molecule has 1 aromatic rings. The molecule has 0 spiro atoms. The van der Waals surface area contributed by atoms with E-state index in [1.54, 1.807) is 17.0 Å². The third-order valence-corrected chi connectivity index (χ3v) is 3.48. The third kappa shape index (κ3) is 3.67. The van der Waals surface area contributed by atoms with Gasteiger partial charge in [-0.05, 0) is 38.8 Å². The quantitative estimate of drug-likeness (QED) is 0.798. The normalized spacial score (nSPS) is 18.6. The van der Waals surface area contributed by atoms with E-state index in [2.05, 4.69) is 4.98 Å². The van der Waals surface area contributed by atoms with Crippen LogP contribution < -0.4 is 0 Å². The number of likely N-dealkylation sites (N-methyl/N-ethyl adjacent to an activating group) is 1. The predicted octanol–water partition coefficient (Wildman–Crippen LogP) is 2.68. The molecule has 4 nitrogen and oxygen atoms in total. The minimum Gasteiger partial charge on any atom is -0.376 e. The number of pyridine rings is 1. The van der Waals surface area contributed by atoms with Crippen LogP contribution in [-0.2, 0) is 4.74 Å². The molecule has 0 radical (unpaired) electrons. The lowest BCUT2D eigenvalue weighted by Gasteiger charge is -2.24. The Morgan fingerprint density at radius 3 is 2.95 bits per heavy atom. The molecule has 1 aliphatic heterocycles. The number of hydrogen-bond donors (Lipinski definition) is 0. The van der Waals surface area contributed by atoms with Crippen molar-refractivity contribution in [3.63, 3.8) is 0 Å². The summed E-state index contributed by atoms with van der Waals surface area (Å²) < 4.78 is 5.59. The van der Waals surface area contributed by atoms with Crippen molar-refractivity contribution in [2.75, 3.05) is 19.7 Å². The minimum absolute atomic E-state index is 0.00889. The van der Waals surface area contributed by atoms with Crippen molar-refractivity contribution in [2.24, 2.45) is 0 Å². The molecule has 19 heavy (non-hydrogen) atoms. The summed E-state index contributed by atoms with van der Waals surface area (Å²) in [5.74, 6) is -0.00889. The number of carbonyl (C=O) groups is 1. The molecule has 0 N–H and O–H groups in total. The Morgan fingerprint density at radius 2 is 2.37 bits per heavy atom. The van der Waals surface area contributed by atoms with E-state index in [-0.39, 0.29) is 12.0 Å². The summed E-state index contributed by atoms with van der Waals surface area (Å²) in [6, 6.07) is 3.39. The smallest absolute Gasteiger partial charge is 0.254 e. The second-order valence-corrected chi connectivity index (χ2v) is 5.19. The molecule has 5 heteroatoms. The third-order valence-electron chi connectivity index (χ3n) is 3.29. The largest absolute Gasteiger partial charge is 0.376 e. The Labute approximate surface area is 118 Å². The molecule has 2 heterocycles. The first kappa shape index (κ1) is 14.3. The highest BCUT2D eigenvalue weighted by Gasteiger charge is 2.22. The van der Waals surface area contributed by atoms with E-state index in [1.807, 2.05) is 13.8 Å². The summed E-state index contributed by atoms with van der Waals surface area (Å²) in [6.45, 7) is 5.92. The van der Waals surface area contributed by atoms with Gasteiger partial charge >= 0.3 is 0 Å². The summed E-state index contributed by atoms with van der Waals surface area (Å²) in [7, 11) is 0. The highest BCUT2D eigenvalue weighted by atomic mass is 35.5. The fourth-order valence-corrected chi connectivity index (χ4v) is 2.57. The van der Waals surface area contributed by atoms with E-state index in [9.17, 15) is 4.79 Å². The number of aryl methyl sites for hydroxylation is 1. The molecule has 0 saturated carbocycles. The van der Waals surface area contributed by atoms with E-state index in [0.717, 1.165) is 25.1 Å². The maximum Gasteiger partial charge on any atom is 0.254 e. The molecule has 104 valence electrons. The SMILES string of the molecule is CCN(CC1CCCO1)C(=O)c1cc(C)nc(Cl)c1. The van der Waals surface area contributed by atoms with E-state index in [1.165, 1.54) is 0 Å². The van der Waals surface area contributed by atoms with Crippen molar-refractivity contribution >= 4 is 17.5 Å². The molecular formula is C14H19ClN2O2. The Hall–Kier alpha value is -1.13. The number of nitrogens with zero attached hydrogens (tertiary/aromatic N) is 2. The fraction of sp³-hybridized carbons (Fsp3) is 0.571. The summed E-state index contributed by atoms with van der Waals surface area (Å²) in [4.78, 5) is 18.3. The van der Waals surface area contributed by atoms with Crippen molar-refractivity contribution < 1.29 is 9.53 Å². The number of carbonyl (C=O) groups excluding carboxylic acids is 1. The molecule has 1 unspecified atom stereocenters. The summed E-state index contributed by atoms with van der Waals surface area (Å²) in [5, 5.41) is 0.358. The van der Waals surface area contributed by atoms with Crippen molar-refractivity contribution in [1.29, 1.82) is 0 Å². The first-order valence-corrected chi connectivity index (χ1v) is 7.03. The molecule has 2 rings (SSSR count). The van der Waals surface area contributed by atoms with Crippen LogP contribution >= 0.6 is 11.6 Å². The Balaban J connectivity index is 2.10. The van der Waals surface area contributed by atoms with Crippen molar-refractivity contribution in [1.82, 2.24) is 9.88 Å². The van der Waals surface area contributed by atoms with Gasteiger partial charge in [0, 0.05) is 31.0 Å². The Morgan fingerprint density at radius 1 is 1.58 bits per heavy atom. The van der Waals surface area contributed by atoms with Crippen molar-refractivity contribution in [3.05, 3.63) is 28.5 Å². The van der Waals surface area contributed by atoms with E-state index >= 15 is 0 Å². The van der Waals surface area contributed by atoms with Gasteiger partial charge in [-0.3, -0.25) is 4.79 Å². The van der Waals surface area contributed by atoms with Crippen molar-refractivity contribution in [3.8, 4) is 0 Å².